The van der Waals surface area contributed by atoms with Crippen LogP contribution in [0.2, 0.25) is 0 Å². The molecule has 0 fully saturated rings. The van der Waals surface area contributed by atoms with Crippen molar-refractivity contribution in [3.05, 3.63) is 53.5 Å². The van der Waals surface area contributed by atoms with Crippen molar-refractivity contribution in [2.24, 2.45) is 5.73 Å². The highest BCUT2D eigenvalue weighted by Crippen LogP contribution is 2.23. The van der Waals surface area contributed by atoms with E-state index in [0.29, 0.717) is 5.76 Å². The molecule has 2 N–H and O–H groups in total. The molecule has 2 rings (SSSR count). The summed E-state index contributed by atoms with van der Waals surface area (Å²) < 4.78 is 28.4. The van der Waals surface area contributed by atoms with Crippen LogP contribution in [-0.4, -0.2) is 14.7 Å². The van der Waals surface area contributed by atoms with Crippen LogP contribution < -0.4 is 5.73 Å². The molecule has 19 heavy (non-hydrogen) atoms. The van der Waals surface area contributed by atoms with Crippen LogP contribution in [0.15, 0.2) is 45.7 Å². The largest absolute Gasteiger partial charge is 0.464 e. The number of sulfone groups is 1. The van der Waals surface area contributed by atoms with E-state index in [0.717, 1.165) is 17.7 Å². The molecule has 0 saturated heterocycles. The highest BCUT2D eigenvalue weighted by Gasteiger charge is 2.14. The molecule has 1 unspecified atom stereocenters. The molecule has 0 amide bonds. The van der Waals surface area contributed by atoms with E-state index < -0.39 is 9.84 Å². The summed E-state index contributed by atoms with van der Waals surface area (Å²) in [5, 5.41) is 0. The molecule has 1 aromatic heterocycles. The third-order valence-corrected chi connectivity index (χ3v) is 4.13. The molecule has 0 spiro atoms. The van der Waals surface area contributed by atoms with Gasteiger partial charge in [0.2, 0.25) is 0 Å². The Kier molecular flexibility index (Phi) is 3.78. The molecule has 0 radical (unpaired) electrons. The number of furan rings is 1. The number of aryl methyl sites for hydroxylation is 1. The quantitative estimate of drug-likeness (QED) is 0.932. The van der Waals surface area contributed by atoms with Gasteiger partial charge in [-0.25, -0.2) is 8.42 Å². The Morgan fingerprint density at radius 3 is 2.26 bits per heavy atom. The molecular formula is C14H17NO3S. The lowest BCUT2D eigenvalue weighted by molar-refractivity contribution is 0.454. The predicted molar refractivity (Wildman–Crippen MR) is 73.7 cm³/mol. The zero-order valence-electron chi connectivity index (χ0n) is 11.0. The van der Waals surface area contributed by atoms with Gasteiger partial charge in [0.1, 0.15) is 11.5 Å². The zero-order valence-corrected chi connectivity index (χ0v) is 11.8. The Labute approximate surface area is 113 Å². The van der Waals surface area contributed by atoms with Crippen molar-refractivity contribution in [3.63, 3.8) is 0 Å². The summed E-state index contributed by atoms with van der Waals surface area (Å²) in [5.74, 6) is 1.57. The second-order valence-electron chi connectivity index (χ2n) is 4.48. The molecule has 0 aliphatic heterocycles. The number of nitrogens with two attached hydrogens (primary N) is 1. The van der Waals surface area contributed by atoms with Crippen molar-refractivity contribution >= 4 is 9.84 Å². The van der Waals surface area contributed by atoms with E-state index in [1.165, 1.54) is 6.26 Å². The van der Waals surface area contributed by atoms with E-state index in [9.17, 15) is 8.42 Å². The van der Waals surface area contributed by atoms with Gasteiger partial charge in [0, 0.05) is 12.7 Å². The van der Waals surface area contributed by atoms with E-state index in [1.807, 2.05) is 19.1 Å². The summed E-state index contributed by atoms with van der Waals surface area (Å²) in [4.78, 5) is 0.289. The van der Waals surface area contributed by atoms with Crippen LogP contribution in [0.4, 0.5) is 0 Å². The lowest BCUT2D eigenvalue weighted by atomic mass is 10.1. The molecular weight excluding hydrogens is 262 g/mol. The molecule has 4 nitrogen and oxygen atoms in total. The Morgan fingerprint density at radius 1 is 1.16 bits per heavy atom. The molecule has 5 heteroatoms. The van der Waals surface area contributed by atoms with Gasteiger partial charge in [-0.2, -0.15) is 0 Å². The molecule has 0 aliphatic rings. The smallest absolute Gasteiger partial charge is 0.175 e. The summed E-state index contributed by atoms with van der Waals surface area (Å²) in [6, 6.07) is 9.94. The van der Waals surface area contributed by atoms with Crippen LogP contribution in [0.3, 0.4) is 0 Å². The van der Waals surface area contributed by atoms with Crippen LogP contribution in [0.1, 0.15) is 30.0 Å². The average Bonchev–Trinajstić information content (AvgIpc) is 2.86. The molecule has 0 saturated carbocycles. The second-order valence-corrected chi connectivity index (χ2v) is 6.49. The first-order valence-corrected chi connectivity index (χ1v) is 7.95. The molecule has 102 valence electrons. The number of hydrogen-bond donors (Lipinski definition) is 1. The zero-order chi connectivity index (χ0) is 14.0. The maximum Gasteiger partial charge on any atom is 0.175 e. The van der Waals surface area contributed by atoms with Gasteiger partial charge in [-0.1, -0.05) is 19.1 Å². The maximum absolute atomic E-state index is 11.4. The fourth-order valence-corrected chi connectivity index (χ4v) is 2.47. The molecule has 1 atom stereocenters. The summed E-state index contributed by atoms with van der Waals surface area (Å²) in [6.07, 6.45) is 2.00. The summed E-state index contributed by atoms with van der Waals surface area (Å²) in [6.45, 7) is 2.01. The molecule has 1 aromatic carbocycles. The van der Waals surface area contributed by atoms with E-state index in [-0.39, 0.29) is 10.9 Å². The minimum Gasteiger partial charge on any atom is -0.464 e. The van der Waals surface area contributed by atoms with Gasteiger partial charge in [0.25, 0.3) is 0 Å². The fourth-order valence-electron chi connectivity index (χ4n) is 1.84. The maximum atomic E-state index is 11.4. The summed E-state index contributed by atoms with van der Waals surface area (Å²) in [5.41, 5.74) is 6.92. The minimum atomic E-state index is -3.17. The number of rotatable bonds is 4. The molecule has 0 bridgehead atoms. The molecule has 2 aromatic rings. The van der Waals surface area contributed by atoms with Crippen LogP contribution in [0, 0.1) is 0 Å². The van der Waals surface area contributed by atoms with E-state index in [2.05, 4.69) is 0 Å². The molecule has 1 heterocycles. The van der Waals surface area contributed by atoms with Crippen molar-refractivity contribution < 1.29 is 12.8 Å². The summed E-state index contributed by atoms with van der Waals surface area (Å²) in [7, 11) is -3.17. The Bertz CT molecular complexity index is 656. The Morgan fingerprint density at radius 2 is 1.79 bits per heavy atom. The topological polar surface area (TPSA) is 73.3 Å². The van der Waals surface area contributed by atoms with Gasteiger partial charge in [0.15, 0.2) is 9.84 Å². The first-order valence-electron chi connectivity index (χ1n) is 6.06. The van der Waals surface area contributed by atoms with Crippen LogP contribution in [0.5, 0.6) is 0 Å². The SMILES string of the molecule is CCc1ccc(C(N)c2ccc(S(C)(=O)=O)cc2)o1. The average molecular weight is 279 g/mol. The van der Waals surface area contributed by atoms with Crippen LogP contribution in [-0.2, 0) is 16.3 Å². The normalized spacial score (nSPS) is 13.4. The fraction of sp³-hybridized carbons (Fsp3) is 0.286. The lowest BCUT2D eigenvalue weighted by Gasteiger charge is -2.09. The third-order valence-electron chi connectivity index (χ3n) is 3.00. The lowest BCUT2D eigenvalue weighted by Crippen LogP contribution is -2.11. The van der Waals surface area contributed by atoms with E-state index in [4.69, 9.17) is 10.2 Å². The predicted octanol–water partition coefficient (Wildman–Crippen LogP) is 2.29. The van der Waals surface area contributed by atoms with Gasteiger partial charge >= 0.3 is 0 Å². The van der Waals surface area contributed by atoms with E-state index in [1.54, 1.807) is 24.3 Å². The first kappa shape index (κ1) is 13.8. The highest BCUT2D eigenvalue weighted by atomic mass is 32.2. The van der Waals surface area contributed by atoms with Crippen molar-refractivity contribution in [2.45, 2.75) is 24.3 Å². The Hall–Kier alpha value is -1.59. The number of hydrogen-bond acceptors (Lipinski definition) is 4. The highest BCUT2D eigenvalue weighted by molar-refractivity contribution is 7.90. The van der Waals surface area contributed by atoms with Crippen molar-refractivity contribution in [2.75, 3.05) is 6.26 Å². The monoisotopic (exact) mass is 279 g/mol. The van der Waals surface area contributed by atoms with Crippen LogP contribution >= 0.6 is 0 Å². The van der Waals surface area contributed by atoms with Crippen molar-refractivity contribution in [1.82, 2.24) is 0 Å². The van der Waals surface area contributed by atoms with Gasteiger partial charge in [0.05, 0.1) is 10.9 Å². The second kappa shape index (κ2) is 5.19. The number of benzene rings is 1. The minimum absolute atomic E-state index is 0.289. The van der Waals surface area contributed by atoms with Gasteiger partial charge < -0.3 is 10.2 Å². The van der Waals surface area contributed by atoms with E-state index >= 15 is 0 Å². The van der Waals surface area contributed by atoms with Crippen molar-refractivity contribution in [1.29, 1.82) is 0 Å². The van der Waals surface area contributed by atoms with Gasteiger partial charge in [-0.05, 0) is 29.8 Å². The third kappa shape index (κ3) is 3.05. The van der Waals surface area contributed by atoms with Gasteiger partial charge in [-0.15, -0.1) is 0 Å². The molecule has 0 aliphatic carbocycles. The summed E-state index contributed by atoms with van der Waals surface area (Å²) >= 11 is 0. The van der Waals surface area contributed by atoms with Gasteiger partial charge in [-0.3, -0.25) is 0 Å². The first-order chi connectivity index (χ1) is 8.91. The van der Waals surface area contributed by atoms with Crippen LogP contribution in [0.25, 0.3) is 0 Å². The standard InChI is InChI=1S/C14H17NO3S/c1-3-11-6-9-13(18-11)14(15)10-4-7-12(8-5-10)19(2,16)17/h4-9,14H,3,15H2,1-2H3. The van der Waals surface area contributed by atoms with Crippen molar-refractivity contribution in [3.8, 4) is 0 Å². The Balaban J connectivity index is 2.27.